The topological polar surface area (TPSA) is 28.7 Å². The number of hydrogen-bond donors (Lipinski definition) is 0. The highest BCUT2D eigenvalue weighted by molar-refractivity contribution is 5.85. The molecule has 0 amide bonds. The Bertz CT molecular complexity index is 974. The van der Waals surface area contributed by atoms with Crippen LogP contribution in [0.2, 0.25) is 0 Å². The number of fused-ring (bicyclic) bond motifs is 3. The van der Waals surface area contributed by atoms with E-state index in [1.807, 2.05) is 18.2 Å². The van der Waals surface area contributed by atoms with Gasteiger partial charge in [0.05, 0.1) is 11.6 Å². The third-order valence-corrected chi connectivity index (χ3v) is 6.08. The van der Waals surface area contributed by atoms with Crippen molar-refractivity contribution in [3.8, 4) is 6.07 Å². The van der Waals surface area contributed by atoms with Crippen molar-refractivity contribution in [2.45, 2.75) is 58.4 Å². The van der Waals surface area contributed by atoms with Crippen molar-refractivity contribution in [3.63, 3.8) is 0 Å². The average Bonchev–Trinajstić information content (AvgIpc) is 2.86. The van der Waals surface area contributed by atoms with E-state index in [0.717, 1.165) is 18.0 Å². The number of rotatable bonds is 5. The Kier molecular flexibility index (Phi) is 5.30. The van der Waals surface area contributed by atoms with E-state index in [2.05, 4.69) is 47.9 Å². The Labute approximate surface area is 162 Å². The van der Waals surface area contributed by atoms with Crippen LogP contribution in [0.15, 0.2) is 48.5 Å². The van der Waals surface area contributed by atoms with Gasteiger partial charge < -0.3 is 4.57 Å². The summed E-state index contributed by atoms with van der Waals surface area (Å²) in [6.45, 7) is 3.15. The number of aryl methyl sites for hydroxylation is 1. The first kappa shape index (κ1) is 17.9. The molecule has 2 nitrogen and oxygen atoms in total. The lowest BCUT2D eigenvalue weighted by Crippen LogP contribution is -2.10. The molecule has 1 aliphatic rings. The van der Waals surface area contributed by atoms with Crippen molar-refractivity contribution >= 4 is 10.9 Å². The Balaban J connectivity index is 1.77. The molecule has 1 aromatic heterocycles. The molecule has 1 heterocycles. The van der Waals surface area contributed by atoms with Crippen LogP contribution >= 0.6 is 0 Å². The first-order valence-corrected chi connectivity index (χ1v) is 10.4. The van der Waals surface area contributed by atoms with E-state index >= 15 is 0 Å². The van der Waals surface area contributed by atoms with Gasteiger partial charge in [0.1, 0.15) is 0 Å². The highest BCUT2D eigenvalue weighted by atomic mass is 15.0. The van der Waals surface area contributed by atoms with Crippen LogP contribution in [-0.2, 0) is 19.4 Å². The Morgan fingerprint density at radius 1 is 1.15 bits per heavy atom. The molecular weight excluding hydrogens is 328 g/mol. The molecule has 0 fully saturated rings. The predicted octanol–water partition coefficient (Wildman–Crippen LogP) is 6.25. The third kappa shape index (κ3) is 3.65. The first-order valence-electron chi connectivity index (χ1n) is 10.4. The minimum Gasteiger partial charge on any atom is -0.340 e. The molecular formula is C25H28N2. The van der Waals surface area contributed by atoms with Crippen molar-refractivity contribution < 1.29 is 0 Å². The second-order valence-corrected chi connectivity index (χ2v) is 7.95. The summed E-state index contributed by atoms with van der Waals surface area (Å²) in [5.74, 6) is 0.805. The fourth-order valence-electron chi connectivity index (χ4n) is 4.72. The van der Waals surface area contributed by atoms with Crippen LogP contribution in [0.1, 0.15) is 61.4 Å². The van der Waals surface area contributed by atoms with Crippen LogP contribution in [0.3, 0.4) is 0 Å². The van der Waals surface area contributed by atoms with Gasteiger partial charge in [0, 0.05) is 23.1 Å². The molecule has 2 aromatic carbocycles. The molecule has 1 aliphatic carbocycles. The van der Waals surface area contributed by atoms with Crippen LogP contribution in [0, 0.1) is 17.2 Å². The van der Waals surface area contributed by atoms with Crippen LogP contribution in [-0.4, -0.2) is 4.57 Å². The molecule has 0 aliphatic heterocycles. The molecule has 0 radical (unpaired) electrons. The first-order chi connectivity index (χ1) is 13.3. The third-order valence-electron chi connectivity index (χ3n) is 6.08. The number of nitrogens with zero attached hydrogens (tertiary/aromatic N) is 2. The van der Waals surface area contributed by atoms with Gasteiger partial charge in [0.15, 0.2) is 0 Å². The van der Waals surface area contributed by atoms with Gasteiger partial charge in [-0.05, 0) is 60.9 Å². The molecule has 0 N–H and O–H groups in total. The summed E-state index contributed by atoms with van der Waals surface area (Å²) < 4.78 is 2.53. The maximum Gasteiger partial charge on any atom is 0.0991 e. The number of nitriles is 1. The van der Waals surface area contributed by atoms with Gasteiger partial charge in [0.25, 0.3) is 0 Å². The summed E-state index contributed by atoms with van der Waals surface area (Å²) in [4.78, 5) is 0. The van der Waals surface area contributed by atoms with E-state index in [1.54, 1.807) is 5.56 Å². The van der Waals surface area contributed by atoms with Crippen LogP contribution < -0.4 is 0 Å². The summed E-state index contributed by atoms with van der Waals surface area (Å²) >= 11 is 0. The zero-order valence-electron chi connectivity index (χ0n) is 16.2. The molecule has 1 unspecified atom stereocenters. The maximum absolute atomic E-state index is 9.25. The summed E-state index contributed by atoms with van der Waals surface area (Å²) in [7, 11) is 0. The number of hydrogen-bond acceptors (Lipinski definition) is 1. The van der Waals surface area contributed by atoms with Crippen molar-refractivity contribution in [1.29, 1.82) is 5.26 Å². The molecule has 0 saturated carbocycles. The molecule has 0 bridgehead atoms. The lowest BCUT2D eigenvalue weighted by molar-refractivity contribution is 0.423. The second-order valence-electron chi connectivity index (χ2n) is 7.95. The van der Waals surface area contributed by atoms with Crippen LogP contribution in [0.4, 0.5) is 0 Å². The maximum atomic E-state index is 9.25. The average molecular weight is 357 g/mol. The quantitative estimate of drug-likeness (QED) is 0.497. The largest absolute Gasteiger partial charge is 0.340 e. The number of para-hydroxylation sites is 1. The number of unbranched alkanes of at least 4 members (excludes halogenated alkanes) is 1. The Hall–Kier alpha value is -2.53. The zero-order valence-corrected chi connectivity index (χ0v) is 16.2. The SMILES string of the molecule is CCCCC1CCCc2c(n(Cc3cccc(C#N)c3)c3ccccc23)C1. The van der Waals surface area contributed by atoms with Crippen LogP contribution in [0.5, 0.6) is 0 Å². The number of benzene rings is 2. The highest BCUT2D eigenvalue weighted by Crippen LogP contribution is 2.35. The Morgan fingerprint density at radius 3 is 2.89 bits per heavy atom. The normalized spacial score (nSPS) is 16.7. The van der Waals surface area contributed by atoms with E-state index < -0.39 is 0 Å². The van der Waals surface area contributed by atoms with Gasteiger partial charge in [0.2, 0.25) is 0 Å². The zero-order chi connectivity index (χ0) is 18.6. The summed E-state index contributed by atoms with van der Waals surface area (Å²) in [5.41, 5.74) is 6.42. The van der Waals surface area contributed by atoms with Gasteiger partial charge in [-0.25, -0.2) is 0 Å². The van der Waals surface area contributed by atoms with Gasteiger partial charge in [-0.2, -0.15) is 5.26 Å². The molecule has 1 atom stereocenters. The van der Waals surface area contributed by atoms with E-state index in [-0.39, 0.29) is 0 Å². The molecule has 27 heavy (non-hydrogen) atoms. The smallest absolute Gasteiger partial charge is 0.0991 e. The molecule has 3 aromatic rings. The van der Waals surface area contributed by atoms with Gasteiger partial charge in [-0.1, -0.05) is 56.5 Å². The fourth-order valence-corrected chi connectivity index (χ4v) is 4.72. The van der Waals surface area contributed by atoms with Gasteiger partial charge >= 0.3 is 0 Å². The summed E-state index contributed by atoms with van der Waals surface area (Å²) in [6.07, 6.45) is 9.02. The van der Waals surface area contributed by atoms with E-state index in [9.17, 15) is 5.26 Å². The lowest BCUT2D eigenvalue weighted by Gasteiger charge is -2.17. The van der Waals surface area contributed by atoms with Gasteiger partial charge in [-0.15, -0.1) is 0 Å². The Morgan fingerprint density at radius 2 is 2.04 bits per heavy atom. The van der Waals surface area contributed by atoms with E-state index in [4.69, 9.17) is 0 Å². The minimum absolute atomic E-state index is 0.746. The lowest BCUT2D eigenvalue weighted by atomic mass is 9.94. The second kappa shape index (κ2) is 8.01. The molecule has 2 heteroatoms. The monoisotopic (exact) mass is 356 g/mol. The van der Waals surface area contributed by atoms with Crippen molar-refractivity contribution in [1.82, 2.24) is 4.57 Å². The standard InChI is InChI=1S/C25H28N2/c1-2-3-8-19-9-7-13-23-22-12-4-5-14-24(22)27(25(23)16-19)18-21-11-6-10-20(15-21)17-26/h4-6,10-12,14-15,19H,2-3,7-9,13,16,18H2,1H3. The molecule has 4 rings (SSSR count). The van der Waals surface area contributed by atoms with E-state index in [0.29, 0.717) is 0 Å². The molecule has 138 valence electrons. The van der Waals surface area contributed by atoms with Gasteiger partial charge in [-0.3, -0.25) is 0 Å². The van der Waals surface area contributed by atoms with Crippen molar-refractivity contribution in [3.05, 3.63) is 70.9 Å². The molecule has 0 saturated heterocycles. The fraction of sp³-hybridized carbons (Fsp3) is 0.400. The summed E-state index contributed by atoms with van der Waals surface area (Å²) in [5, 5.41) is 10.7. The highest BCUT2D eigenvalue weighted by Gasteiger charge is 2.23. The molecule has 0 spiro atoms. The predicted molar refractivity (Wildman–Crippen MR) is 112 cm³/mol. The number of aromatic nitrogens is 1. The van der Waals surface area contributed by atoms with E-state index in [1.165, 1.54) is 67.1 Å². The van der Waals surface area contributed by atoms with Crippen molar-refractivity contribution in [2.24, 2.45) is 5.92 Å². The summed E-state index contributed by atoms with van der Waals surface area (Å²) in [6, 6.07) is 19.2. The minimum atomic E-state index is 0.746. The van der Waals surface area contributed by atoms with Crippen molar-refractivity contribution in [2.75, 3.05) is 0 Å². The van der Waals surface area contributed by atoms with Crippen LogP contribution in [0.25, 0.3) is 10.9 Å².